The molecule has 0 atom stereocenters. The number of amidine groups is 1. The fourth-order valence-electron chi connectivity index (χ4n) is 2.28. The first-order valence-corrected chi connectivity index (χ1v) is 7.52. The van der Waals surface area contributed by atoms with E-state index in [1.165, 1.54) is 12.8 Å². The largest absolute Gasteiger partial charge is 0.497 e. The molecule has 6 heteroatoms. The van der Waals surface area contributed by atoms with E-state index < -0.39 is 0 Å². The Morgan fingerprint density at radius 2 is 1.80 bits per heavy atom. The number of ether oxygens (including phenoxy) is 1. The summed E-state index contributed by atoms with van der Waals surface area (Å²) in [5.74, 6) is 1.76. The number of rotatable bonds is 2. The third-order valence-electron chi connectivity index (χ3n) is 3.39. The van der Waals surface area contributed by atoms with E-state index in [9.17, 15) is 0 Å². The van der Waals surface area contributed by atoms with Crippen LogP contribution in [0.25, 0.3) is 0 Å². The minimum Gasteiger partial charge on any atom is -0.497 e. The van der Waals surface area contributed by atoms with Crippen molar-refractivity contribution in [2.45, 2.75) is 12.8 Å². The summed E-state index contributed by atoms with van der Waals surface area (Å²) < 4.78 is 5.16. The summed E-state index contributed by atoms with van der Waals surface area (Å²) in [6.45, 7) is 2.25. The predicted molar refractivity (Wildman–Crippen MR) is 87.5 cm³/mol. The highest BCUT2D eigenvalue weighted by Crippen LogP contribution is 2.22. The summed E-state index contributed by atoms with van der Waals surface area (Å²) in [7, 11) is 1.68. The molecule has 0 amide bonds. The topological polar surface area (TPSA) is 37.2 Å². The molecule has 20 heavy (non-hydrogen) atoms. The summed E-state index contributed by atoms with van der Waals surface area (Å²) in [4.78, 5) is 2.33. The Morgan fingerprint density at radius 3 is 2.35 bits per heavy atom. The van der Waals surface area contributed by atoms with Gasteiger partial charge < -0.3 is 9.64 Å². The zero-order valence-electron chi connectivity index (χ0n) is 11.4. The van der Waals surface area contributed by atoms with Crippen LogP contribution in [0.5, 0.6) is 5.75 Å². The van der Waals surface area contributed by atoms with Crippen molar-refractivity contribution in [3.05, 3.63) is 29.8 Å². The van der Waals surface area contributed by atoms with Crippen molar-refractivity contribution < 1.29 is 4.74 Å². The third-order valence-corrected chi connectivity index (χ3v) is 4.41. The Hall–Kier alpha value is -1.20. The molecule has 1 aromatic carbocycles. The summed E-state index contributed by atoms with van der Waals surface area (Å²) in [6, 6.07) is 7.99. The minimum absolute atomic E-state index is 0. The molecule has 1 fully saturated rings. The molecule has 2 heterocycles. The first kappa shape index (κ1) is 15.2. The van der Waals surface area contributed by atoms with Crippen molar-refractivity contribution in [1.29, 1.82) is 0 Å². The maximum Gasteiger partial charge on any atom is 0.186 e. The van der Waals surface area contributed by atoms with Gasteiger partial charge in [-0.2, -0.15) is 5.10 Å². The van der Waals surface area contributed by atoms with E-state index in [1.807, 2.05) is 24.3 Å². The quantitative estimate of drug-likeness (QED) is 0.842. The van der Waals surface area contributed by atoms with Gasteiger partial charge >= 0.3 is 0 Å². The Balaban J connectivity index is 0.00000147. The van der Waals surface area contributed by atoms with E-state index >= 15 is 0 Å². The molecule has 1 aromatic rings. The Kier molecular flexibility index (Phi) is 5.31. The van der Waals surface area contributed by atoms with Crippen molar-refractivity contribution in [3.63, 3.8) is 0 Å². The second-order valence-corrected chi connectivity index (χ2v) is 5.58. The molecule has 2 aliphatic heterocycles. The van der Waals surface area contributed by atoms with Crippen LogP contribution >= 0.6 is 24.2 Å². The molecule has 0 radical (unpaired) electrons. The lowest BCUT2D eigenvalue weighted by atomic mass is 10.1. The zero-order chi connectivity index (χ0) is 13.1. The lowest BCUT2D eigenvalue weighted by molar-refractivity contribution is 0.415. The fraction of sp³-hybridized carbons (Fsp3) is 0.429. The van der Waals surface area contributed by atoms with E-state index in [2.05, 4.69) is 15.1 Å². The Morgan fingerprint density at radius 1 is 1.10 bits per heavy atom. The standard InChI is InChI=1S/C14H17N3OS.ClH/c1-18-12-6-4-11(5-7-12)13-10-19-14(16-15-13)17-8-2-3-9-17;/h4-7H,2-3,8-10H2,1H3;1H. The first-order valence-electron chi connectivity index (χ1n) is 6.53. The van der Waals surface area contributed by atoms with Crippen LogP contribution in [-0.2, 0) is 0 Å². The molecule has 0 N–H and O–H groups in total. The SMILES string of the molecule is COc1ccc(C2=NN=C(N3CCCC3)SC2)cc1.Cl. The number of halogens is 1. The van der Waals surface area contributed by atoms with Crippen molar-refractivity contribution in [2.75, 3.05) is 26.0 Å². The summed E-state index contributed by atoms with van der Waals surface area (Å²) in [6.07, 6.45) is 2.54. The van der Waals surface area contributed by atoms with Crippen LogP contribution in [0.4, 0.5) is 0 Å². The van der Waals surface area contributed by atoms with Crippen molar-refractivity contribution >= 4 is 35.0 Å². The normalized spacial score (nSPS) is 18.1. The molecular formula is C14H18ClN3OS. The van der Waals surface area contributed by atoms with Gasteiger partial charge in [0.25, 0.3) is 0 Å². The Bertz CT molecular complexity index is 510. The molecule has 108 valence electrons. The van der Waals surface area contributed by atoms with E-state index in [0.717, 1.165) is 41.0 Å². The number of hydrogen-bond acceptors (Lipinski definition) is 5. The number of benzene rings is 1. The lowest BCUT2D eigenvalue weighted by Crippen LogP contribution is -2.27. The van der Waals surface area contributed by atoms with Gasteiger partial charge in [0.1, 0.15) is 5.75 Å². The van der Waals surface area contributed by atoms with Crippen molar-refractivity contribution in [1.82, 2.24) is 4.90 Å². The number of likely N-dealkylation sites (tertiary alicyclic amines) is 1. The van der Waals surface area contributed by atoms with Gasteiger partial charge in [-0.3, -0.25) is 0 Å². The highest BCUT2D eigenvalue weighted by Gasteiger charge is 2.20. The number of hydrogen-bond donors (Lipinski definition) is 0. The average Bonchev–Trinajstić information content (AvgIpc) is 3.02. The van der Waals surface area contributed by atoms with Crippen LogP contribution in [0.2, 0.25) is 0 Å². The van der Waals surface area contributed by atoms with Crippen LogP contribution in [-0.4, -0.2) is 41.7 Å². The molecule has 1 saturated heterocycles. The van der Waals surface area contributed by atoms with Crippen molar-refractivity contribution in [3.8, 4) is 5.75 Å². The molecule has 3 rings (SSSR count). The first-order chi connectivity index (χ1) is 9.36. The van der Waals surface area contributed by atoms with E-state index in [0.29, 0.717) is 0 Å². The summed E-state index contributed by atoms with van der Waals surface area (Å²) >= 11 is 1.79. The van der Waals surface area contributed by atoms with Gasteiger partial charge in [0.05, 0.1) is 12.8 Å². The summed E-state index contributed by atoms with van der Waals surface area (Å²) in [5, 5.41) is 9.84. The van der Waals surface area contributed by atoms with Crippen LogP contribution in [0.15, 0.2) is 34.5 Å². The second kappa shape index (κ2) is 6.99. The molecule has 0 unspecified atom stereocenters. The zero-order valence-corrected chi connectivity index (χ0v) is 13.0. The monoisotopic (exact) mass is 311 g/mol. The van der Waals surface area contributed by atoms with Gasteiger partial charge in [-0.25, -0.2) is 0 Å². The van der Waals surface area contributed by atoms with E-state index in [1.54, 1.807) is 18.9 Å². The molecule has 0 saturated carbocycles. The molecule has 0 spiro atoms. The molecule has 0 aliphatic carbocycles. The molecule has 4 nitrogen and oxygen atoms in total. The Labute approximate surface area is 129 Å². The number of methoxy groups -OCH3 is 1. The van der Waals surface area contributed by atoms with Gasteiger partial charge in [-0.15, -0.1) is 17.5 Å². The van der Waals surface area contributed by atoms with Crippen LogP contribution < -0.4 is 4.74 Å². The van der Waals surface area contributed by atoms with Crippen LogP contribution in [0.3, 0.4) is 0 Å². The lowest BCUT2D eigenvalue weighted by Gasteiger charge is -2.21. The van der Waals surface area contributed by atoms with E-state index in [4.69, 9.17) is 4.74 Å². The maximum absolute atomic E-state index is 5.16. The molecular weight excluding hydrogens is 294 g/mol. The van der Waals surface area contributed by atoms with Gasteiger partial charge in [0, 0.05) is 18.8 Å². The molecule has 2 aliphatic rings. The summed E-state index contributed by atoms with van der Waals surface area (Å²) in [5.41, 5.74) is 2.16. The van der Waals surface area contributed by atoms with Crippen LogP contribution in [0.1, 0.15) is 18.4 Å². The molecule has 0 aromatic heterocycles. The van der Waals surface area contributed by atoms with Crippen LogP contribution in [0, 0.1) is 0 Å². The van der Waals surface area contributed by atoms with Gasteiger partial charge in [-0.1, -0.05) is 11.8 Å². The smallest absolute Gasteiger partial charge is 0.186 e. The van der Waals surface area contributed by atoms with Crippen molar-refractivity contribution in [2.24, 2.45) is 10.2 Å². The van der Waals surface area contributed by atoms with Gasteiger partial charge in [0.2, 0.25) is 0 Å². The number of nitrogens with zero attached hydrogens (tertiary/aromatic N) is 3. The highest BCUT2D eigenvalue weighted by atomic mass is 35.5. The average molecular weight is 312 g/mol. The predicted octanol–water partition coefficient (Wildman–Crippen LogP) is 3.02. The third kappa shape index (κ3) is 3.27. The van der Waals surface area contributed by atoms with Gasteiger partial charge in [0.15, 0.2) is 5.17 Å². The maximum atomic E-state index is 5.16. The van der Waals surface area contributed by atoms with E-state index in [-0.39, 0.29) is 12.4 Å². The molecule has 0 bridgehead atoms. The second-order valence-electron chi connectivity index (χ2n) is 4.64. The number of thioether (sulfide) groups is 1. The van der Waals surface area contributed by atoms with Gasteiger partial charge in [-0.05, 0) is 42.7 Å². The fourth-order valence-corrected chi connectivity index (χ4v) is 3.24. The minimum atomic E-state index is 0. The highest BCUT2D eigenvalue weighted by molar-refractivity contribution is 8.14.